The number of hydrogen-bond donors (Lipinski definition) is 1. The number of esters is 1. The zero-order valence-electron chi connectivity index (χ0n) is 37.6. The Kier molecular flexibility index (Phi) is 14.3. The van der Waals surface area contributed by atoms with E-state index >= 15 is 0 Å². The van der Waals surface area contributed by atoms with Gasteiger partial charge in [-0.1, -0.05) is 13.8 Å². The molecule has 0 amide bonds. The topological polar surface area (TPSA) is 233 Å². The van der Waals surface area contributed by atoms with Crippen LogP contribution in [0.2, 0.25) is 0 Å². The number of hydrogen-bond acceptors (Lipinski definition) is 19. The van der Waals surface area contributed by atoms with Crippen molar-refractivity contribution in [3.63, 3.8) is 0 Å². The Labute approximate surface area is 378 Å². The van der Waals surface area contributed by atoms with Crippen LogP contribution < -0.4 is 0 Å². The molecule has 3 saturated heterocycles. The average molecular weight is 921 g/mol. The summed E-state index contributed by atoms with van der Waals surface area (Å²) in [5, 5.41) is 12.8. The number of rotatable bonds is 17. The third-order valence-electron chi connectivity index (χ3n) is 16.8. The van der Waals surface area contributed by atoms with E-state index in [4.69, 9.17) is 56.8 Å². The van der Waals surface area contributed by atoms with Gasteiger partial charge < -0.3 is 61.9 Å². The summed E-state index contributed by atoms with van der Waals surface area (Å²) in [5.41, 5.74) is -0.937. The smallest absolute Gasteiger partial charge is 0.331 e. The van der Waals surface area contributed by atoms with E-state index in [1.807, 2.05) is 6.92 Å². The van der Waals surface area contributed by atoms with Gasteiger partial charge in [0.15, 0.2) is 25.0 Å². The molecule has 1 N–H and O–H groups in total. The van der Waals surface area contributed by atoms with Crippen LogP contribution in [0.15, 0.2) is 11.6 Å². The van der Waals surface area contributed by atoms with Gasteiger partial charge in [-0.25, -0.2) is 4.79 Å². The molecular formula is C46H64O19. The normalized spacial score (nSPS) is 48.2. The first-order valence-electron chi connectivity index (χ1n) is 23.2. The van der Waals surface area contributed by atoms with E-state index in [1.165, 1.54) is 6.08 Å². The molecule has 4 saturated carbocycles. The highest BCUT2D eigenvalue weighted by Gasteiger charge is 2.71. The van der Waals surface area contributed by atoms with E-state index < -0.39 is 96.9 Å². The SMILES string of the molecule is CC1OC(OC2C(C)OC(OC3C(C)OC(O[C@H]4CC[C@@]5(C)[C@H](CC[C@@H]6[C@@H]5CC[C@]5(C)[C@@H](C7=CC(=O)OC7)[C@@H](OC=O)C[C@]65O)C4)CC3OC=O)CC2OC=O)CC(OC=O)C1OC=O. The fourth-order valence-electron chi connectivity index (χ4n) is 13.8. The first-order chi connectivity index (χ1) is 31.2. The zero-order valence-corrected chi connectivity index (χ0v) is 37.6. The van der Waals surface area contributed by atoms with Gasteiger partial charge in [0.05, 0.1) is 30.0 Å². The van der Waals surface area contributed by atoms with E-state index in [9.17, 15) is 33.9 Å². The van der Waals surface area contributed by atoms with Crippen molar-refractivity contribution in [2.75, 3.05) is 6.61 Å². The zero-order chi connectivity index (χ0) is 46.3. The monoisotopic (exact) mass is 920 g/mol. The van der Waals surface area contributed by atoms with Crippen molar-refractivity contribution < 1.29 is 90.7 Å². The van der Waals surface area contributed by atoms with Gasteiger partial charge >= 0.3 is 5.97 Å². The summed E-state index contributed by atoms with van der Waals surface area (Å²) in [6, 6.07) is 0. The van der Waals surface area contributed by atoms with Crippen molar-refractivity contribution in [1.29, 1.82) is 0 Å². The molecule has 4 heterocycles. The molecule has 8 rings (SSSR count). The molecule has 4 aliphatic heterocycles. The van der Waals surface area contributed by atoms with Crippen LogP contribution >= 0.6 is 0 Å². The number of fused-ring (bicyclic) bond motifs is 5. The molecule has 7 fully saturated rings. The minimum Gasteiger partial charge on any atom is -0.464 e. The van der Waals surface area contributed by atoms with Crippen molar-refractivity contribution in [1.82, 2.24) is 0 Å². The Balaban J connectivity index is 0.872. The Morgan fingerprint density at radius 1 is 0.615 bits per heavy atom. The van der Waals surface area contributed by atoms with Crippen LogP contribution in [0, 0.1) is 34.5 Å². The van der Waals surface area contributed by atoms with Gasteiger partial charge in [0.1, 0.15) is 43.2 Å². The molecule has 65 heavy (non-hydrogen) atoms. The number of carbonyl (C=O) groups is 6. The van der Waals surface area contributed by atoms with Crippen molar-refractivity contribution in [2.45, 2.75) is 197 Å². The second-order valence-corrected chi connectivity index (χ2v) is 19.9. The van der Waals surface area contributed by atoms with Crippen LogP contribution in [0.5, 0.6) is 0 Å². The lowest BCUT2D eigenvalue weighted by atomic mass is 9.43. The number of aliphatic hydroxyl groups is 1. The fourth-order valence-corrected chi connectivity index (χ4v) is 13.8. The van der Waals surface area contributed by atoms with Gasteiger partial charge in [0.2, 0.25) is 0 Å². The van der Waals surface area contributed by atoms with Crippen molar-refractivity contribution >= 4 is 38.3 Å². The predicted octanol–water partition coefficient (Wildman–Crippen LogP) is 3.12. The van der Waals surface area contributed by atoms with E-state index in [0.717, 1.165) is 50.5 Å². The molecule has 19 nitrogen and oxygen atoms in total. The third kappa shape index (κ3) is 8.95. The maximum absolute atomic E-state index is 12.8. The molecule has 0 aromatic heterocycles. The van der Waals surface area contributed by atoms with E-state index in [2.05, 4.69) is 13.8 Å². The molecule has 0 bridgehead atoms. The van der Waals surface area contributed by atoms with Crippen molar-refractivity contribution in [3.05, 3.63) is 11.6 Å². The lowest BCUT2D eigenvalue weighted by molar-refractivity contribution is -0.336. The van der Waals surface area contributed by atoms with Gasteiger partial charge in [-0.2, -0.15) is 0 Å². The Hall–Kier alpha value is -3.72. The standard InChI is InChI=1S/C46H64O19/c1-24-41(59-23-51)32(55-19-47)14-38(60-24)64-43-26(3)62-39(16-34(43)57-21-49)65-42-25(2)61-37(15-33(42)56-20-48)63-29-8-10-44(4)28(13-29)6-7-31-30(44)9-11-45(5)40(27-12-36(52)54-18-27)35(58-22-50)17-46(31,45)53/h12,19-26,28-35,37-43,53H,6-11,13-18H2,1-5H3/t24?,25?,26?,28-,29+,30+,31-,32?,33?,34?,35+,37?,38?,39?,40+,41?,42?,43?,44+,45-,46+/m1/s1. The van der Waals surface area contributed by atoms with Gasteiger partial charge in [-0.15, -0.1) is 0 Å². The summed E-state index contributed by atoms with van der Waals surface area (Å²) in [6.07, 6.45) is -2.01. The van der Waals surface area contributed by atoms with E-state index in [-0.39, 0.29) is 68.1 Å². The first kappa shape index (κ1) is 47.8. The van der Waals surface area contributed by atoms with Crippen LogP contribution in [-0.2, 0) is 85.6 Å². The molecule has 4 aliphatic carbocycles. The molecule has 8 aliphatic rings. The van der Waals surface area contributed by atoms with Crippen molar-refractivity contribution in [3.8, 4) is 0 Å². The quantitative estimate of drug-likeness (QED) is 0.0955. The number of cyclic esters (lactones) is 1. The summed E-state index contributed by atoms with van der Waals surface area (Å²) >= 11 is 0. The first-order valence-corrected chi connectivity index (χ1v) is 23.2. The highest BCUT2D eigenvalue weighted by Crippen LogP contribution is 2.70. The number of carbonyl (C=O) groups excluding carboxylic acids is 6. The molecular weight excluding hydrogens is 856 g/mol. The van der Waals surface area contributed by atoms with E-state index in [0.29, 0.717) is 31.8 Å². The molecule has 0 aromatic rings. The lowest BCUT2D eigenvalue weighted by Gasteiger charge is -2.63. The second-order valence-electron chi connectivity index (χ2n) is 19.9. The fraction of sp³-hybridized carbons (Fsp3) is 0.826. The van der Waals surface area contributed by atoms with Gasteiger partial charge in [0, 0.05) is 43.1 Å². The predicted molar refractivity (Wildman–Crippen MR) is 217 cm³/mol. The summed E-state index contributed by atoms with van der Waals surface area (Å²) in [7, 11) is 0. The summed E-state index contributed by atoms with van der Waals surface area (Å²) in [5.74, 6) is -0.118. The third-order valence-corrected chi connectivity index (χ3v) is 16.8. The molecule has 362 valence electrons. The van der Waals surface area contributed by atoms with Crippen LogP contribution in [0.1, 0.15) is 105 Å². The molecule has 0 radical (unpaired) electrons. The average Bonchev–Trinajstić information content (AvgIpc) is 3.78. The van der Waals surface area contributed by atoms with Gasteiger partial charge in [-0.3, -0.25) is 24.0 Å². The summed E-state index contributed by atoms with van der Waals surface area (Å²) in [4.78, 5) is 69.6. The Morgan fingerprint density at radius 2 is 1.14 bits per heavy atom. The van der Waals surface area contributed by atoms with Crippen LogP contribution in [0.4, 0.5) is 0 Å². The van der Waals surface area contributed by atoms with Gasteiger partial charge in [-0.05, 0) is 94.5 Å². The van der Waals surface area contributed by atoms with Gasteiger partial charge in [0.25, 0.3) is 32.4 Å². The van der Waals surface area contributed by atoms with Crippen LogP contribution in [0.3, 0.4) is 0 Å². The Morgan fingerprint density at radius 3 is 1.68 bits per heavy atom. The highest BCUT2D eigenvalue weighted by atomic mass is 16.8. The largest absolute Gasteiger partial charge is 0.464 e. The number of ether oxygens (including phenoxy) is 12. The minimum atomic E-state index is -1.08. The highest BCUT2D eigenvalue weighted by molar-refractivity contribution is 5.85. The minimum absolute atomic E-state index is 0.00210. The van der Waals surface area contributed by atoms with Crippen molar-refractivity contribution in [2.24, 2.45) is 34.5 Å². The van der Waals surface area contributed by atoms with Crippen LogP contribution in [0.25, 0.3) is 0 Å². The molecule has 12 unspecified atom stereocenters. The summed E-state index contributed by atoms with van der Waals surface area (Å²) in [6.45, 7) is 11.5. The Bertz CT molecular complexity index is 1780. The van der Waals surface area contributed by atoms with E-state index in [1.54, 1.807) is 13.8 Å². The molecule has 19 heteroatoms. The maximum Gasteiger partial charge on any atom is 0.331 e. The maximum atomic E-state index is 12.8. The lowest BCUT2D eigenvalue weighted by Crippen LogP contribution is -2.62. The molecule has 21 atom stereocenters. The second kappa shape index (κ2) is 19.5. The molecule has 0 spiro atoms. The van der Waals surface area contributed by atoms with Crippen LogP contribution in [-0.4, -0.2) is 142 Å². The molecule has 0 aromatic carbocycles. The summed E-state index contributed by atoms with van der Waals surface area (Å²) < 4.78 is 70.2.